The number of hydrogen-bond acceptors (Lipinski definition) is 1. The zero-order valence-electron chi connectivity index (χ0n) is 10.1. The van der Waals surface area contributed by atoms with Crippen LogP contribution in [0.1, 0.15) is 38.8 Å². The van der Waals surface area contributed by atoms with Crippen LogP contribution in [0.5, 0.6) is 5.75 Å². The van der Waals surface area contributed by atoms with Crippen LogP contribution in [-0.2, 0) is 6.42 Å². The molecule has 0 saturated carbocycles. The Morgan fingerprint density at radius 3 is 2.47 bits per heavy atom. The van der Waals surface area contributed by atoms with Crippen LogP contribution in [0.4, 0.5) is 0 Å². The molecule has 1 heteroatoms. The smallest absolute Gasteiger partial charge is 0.120 e. The minimum atomic E-state index is -0.147. The minimum absolute atomic E-state index is 0.147. The molecule has 0 amide bonds. The third-order valence-electron chi connectivity index (χ3n) is 2.14. The van der Waals surface area contributed by atoms with Crippen LogP contribution in [0.2, 0.25) is 0 Å². The van der Waals surface area contributed by atoms with Gasteiger partial charge in [0, 0.05) is 0 Å². The lowest BCUT2D eigenvalue weighted by Gasteiger charge is -2.22. The van der Waals surface area contributed by atoms with Gasteiger partial charge in [-0.3, -0.25) is 0 Å². The van der Waals surface area contributed by atoms with Gasteiger partial charge >= 0.3 is 0 Å². The standard InChI is InChI=1S/C14H20O/c1-6-11-8-9-13(10-12(11)7-2)15-14(3,4)5/h7-10H,2,6H2,1,3-5H3. The van der Waals surface area contributed by atoms with Gasteiger partial charge in [0.25, 0.3) is 0 Å². The maximum absolute atomic E-state index is 5.80. The molecule has 0 N–H and O–H groups in total. The molecule has 0 saturated heterocycles. The zero-order chi connectivity index (χ0) is 11.5. The van der Waals surface area contributed by atoms with Crippen LogP contribution >= 0.6 is 0 Å². The van der Waals surface area contributed by atoms with E-state index in [1.165, 1.54) is 11.1 Å². The average molecular weight is 204 g/mol. The van der Waals surface area contributed by atoms with E-state index in [2.05, 4.69) is 25.6 Å². The Morgan fingerprint density at radius 2 is 2.00 bits per heavy atom. The van der Waals surface area contributed by atoms with Crippen LogP contribution in [0.25, 0.3) is 6.08 Å². The number of ether oxygens (including phenoxy) is 1. The van der Waals surface area contributed by atoms with E-state index in [0.717, 1.165) is 12.2 Å². The van der Waals surface area contributed by atoms with Crippen LogP contribution in [0, 0.1) is 0 Å². The van der Waals surface area contributed by atoms with Crippen LogP contribution in [0.3, 0.4) is 0 Å². The van der Waals surface area contributed by atoms with Crippen molar-refractivity contribution in [3.05, 3.63) is 35.9 Å². The average Bonchev–Trinajstić information content (AvgIpc) is 2.15. The topological polar surface area (TPSA) is 9.23 Å². The van der Waals surface area contributed by atoms with E-state index < -0.39 is 0 Å². The van der Waals surface area contributed by atoms with E-state index in [-0.39, 0.29) is 5.60 Å². The summed E-state index contributed by atoms with van der Waals surface area (Å²) in [5, 5.41) is 0. The van der Waals surface area contributed by atoms with Gasteiger partial charge in [0.15, 0.2) is 0 Å². The van der Waals surface area contributed by atoms with Gasteiger partial charge in [-0.05, 0) is 50.5 Å². The molecule has 0 spiro atoms. The van der Waals surface area contributed by atoms with Gasteiger partial charge in [0.05, 0.1) is 0 Å². The molecule has 0 atom stereocenters. The van der Waals surface area contributed by atoms with E-state index in [0.29, 0.717) is 0 Å². The van der Waals surface area contributed by atoms with Crippen LogP contribution < -0.4 is 4.74 Å². The van der Waals surface area contributed by atoms with Crippen molar-refractivity contribution in [1.29, 1.82) is 0 Å². The van der Waals surface area contributed by atoms with Crippen molar-refractivity contribution in [3.8, 4) is 5.75 Å². The van der Waals surface area contributed by atoms with E-state index >= 15 is 0 Å². The highest BCUT2D eigenvalue weighted by Gasteiger charge is 2.12. The van der Waals surface area contributed by atoms with E-state index in [1.54, 1.807) is 0 Å². The van der Waals surface area contributed by atoms with Crippen molar-refractivity contribution < 1.29 is 4.74 Å². The second-order valence-corrected chi connectivity index (χ2v) is 4.63. The van der Waals surface area contributed by atoms with Gasteiger partial charge in [0.2, 0.25) is 0 Å². The molecule has 1 nitrogen and oxygen atoms in total. The largest absolute Gasteiger partial charge is 0.488 e. The molecule has 0 fully saturated rings. The summed E-state index contributed by atoms with van der Waals surface area (Å²) >= 11 is 0. The summed E-state index contributed by atoms with van der Waals surface area (Å²) in [6.07, 6.45) is 2.91. The number of rotatable bonds is 3. The molecule has 0 aromatic heterocycles. The lowest BCUT2D eigenvalue weighted by molar-refractivity contribution is 0.131. The number of aryl methyl sites for hydroxylation is 1. The van der Waals surface area contributed by atoms with Crippen LogP contribution in [-0.4, -0.2) is 5.60 Å². The maximum atomic E-state index is 5.80. The second kappa shape index (κ2) is 4.52. The number of benzene rings is 1. The Bertz CT molecular complexity index is 345. The molecule has 0 aliphatic rings. The van der Waals surface area contributed by atoms with Gasteiger partial charge in [-0.15, -0.1) is 0 Å². The third kappa shape index (κ3) is 3.43. The normalized spacial score (nSPS) is 11.2. The maximum Gasteiger partial charge on any atom is 0.120 e. The first-order valence-corrected chi connectivity index (χ1v) is 5.40. The molecule has 82 valence electrons. The molecule has 1 rings (SSSR count). The summed E-state index contributed by atoms with van der Waals surface area (Å²) in [6, 6.07) is 6.19. The van der Waals surface area contributed by atoms with Gasteiger partial charge in [-0.2, -0.15) is 0 Å². The van der Waals surface area contributed by atoms with Crippen molar-refractivity contribution in [2.45, 2.75) is 39.7 Å². The summed E-state index contributed by atoms with van der Waals surface area (Å²) in [4.78, 5) is 0. The fourth-order valence-corrected chi connectivity index (χ4v) is 1.50. The van der Waals surface area contributed by atoms with Gasteiger partial charge in [0.1, 0.15) is 11.4 Å². The van der Waals surface area contributed by atoms with Gasteiger partial charge in [-0.1, -0.05) is 25.6 Å². The fourth-order valence-electron chi connectivity index (χ4n) is 1.50. The monoisotopic (exact) mass is 204 g/mol. The fraction of sp³-hybridized carbons (Fsp3) is 0.429. The zero-order valence-corrected chi connectivity index (χ0v) is 10.1. The van der Waals surface area contributed by atoms with Crippen molar-refractivity contribution >= 4 is 6.08 Å². The molecule has 0 radical (unpaired) electrons. The van der Waals surface area contributed by atoms with Crippen molar-refractivity contribution in [2.24, 2.45) is 0 Å². The van der Waals surface area contributed by atoms with Crippen molar-refractivity contribution in [1.82, 2.24) is 0 Å². The van der Waals surface area contributed by atoms with E-state index in [4.69, 9.17) is 4.74 Å². The summed E-state index contributed by atoms with van der Waals surface area (Å²) in [7, 11) is 0. The second-order valence-electron chi connectivity index (χ2n) is 4.63. The molecule has 0 aliphatic carbocycles. The number of hydrogen-bond donors (Lipinski definition) is 0. The Labute approximate surface area is 92.8 Å². The SMILES string of the molecule is C=Cc1cc(OC(C)(C)C)ccc1CC. The summed E-state index contributed by atoms with van der Waals surface area (Å²) in [6.45, 7) is 12.1. The lowest BCUT2D eigenvalue weighted by atomic mass is 10.0. The molecule has 1 aromatic carbocycles. The Kier molecular flexibility index (Phi) is 3.57. The molecular weight excluding hydrogens is 184 g/mol. The summed E-state index contributed by atoms with van der Waals surface area (Å²) in [5.41, 5.74) is 2.33. The predicted molar refractivity (Wildman–Crippen MR) is 66.3 cm³/mol. The summed E-state index contributed by atoms with van der Waals surface area (Å²) in [5.74, 6) is 0.912. The molecule has 1 aromatic rings. The van der Waals surface area contributed by atoms with E-state index in [1.807, 2.05) is 32.9 Å². The Balaban J connectivity index is 2.98. The molecule has 0 aliphatic heterocycles. The lowest BCUT2D eigenvalue weighted by Crippen LogP contribution is -2.22. The third-order valence-corrected chi connectivity index (χ3v) is 2.14. The minimum Gasteiger partial charge on any atom is -0.488 e. The molecular formula is C14H20O. The van der Waals surface area contributed by atoms with Gasteiger partial charge < -0.3 is 4.74 Å². The molecule has 15 heavy (non-hydrogen) atoms. The van der Waals surface area contributed by atoms with Gasteiger partial charge in [-0.25, -0.2) is 0 Å². The van der Waals surface area contributed by atoms with Crippen molar-refractivity contribution in [3.63, 3.8) is 0 Å². The first-order valence-electron chi connectivity index (χ1n) is 5.40. The highest BCUT2D eigenvalue weighted by atomic mass is 16.5. The first kappa shape index (κ1) is 11.8. The molecule has 0 bridgehead atoms. The first-order chi connectivity index (χ1) is 6.96. The highest BCUT2D eigenvalue weighted by Crippen LogP contribution is 2.23. The van der Waals surface area contributed by atoms with Crippen molar-refractivity contribution in [2.75, 3.05) is 0 Å². The highest BCUT2D eigenvalue weighted by molar-refractivity contribution is 5.54. The molecule has 0 heterocycles. The van der Waals surface area contributed by atoms with E-state index in [9.17, 15) is 0 Å². The Hall–Kier alpha value is -1.24. The molecule has 0 unspecified atom stereocenters. The predicted octanol–water partition coefficient (Wildman–Crippen LogP) is 4.07. The Morgan fingerprint density at radius 1 is 1.33 bits per heavy atom. The summed E-state index contributed by atoms with van der Waals surface area (Å²) < 4.78 is 5.80. The quantitative estimate of drug-likeness (QED) is 0.721. The van der Waals surface area contributed by atoms with Crippen LogP contribution in [0.15, 0.2) is 24.8 Å².